The molecule has 1 N–H and O–H groups in total. The maximum absolute atomic E-state index is 12.1. The fourth-order valence-electron chi connectivity index (χ4n) is 1.89. The second-order valence-corrected chi connectivity index (χ2v) is 4.85. The molecule has 5 nitrogen and oxygen atoms in total. The van der Waals surface area contributed by atoms with Crippen LogP contribution in [0, 0.1) is 0 Å². The lowest BCUT2D eigenvalue weighted by atomic mass is 10.1. The Bertz CT molecular complexity index is 670. The molecule has 0 radical (unpaired) electrons. The van der Waals surface area contributed by atoms with Crippen LogP contribution in [0.15, 0.2) is 42.6 Å². The third kappa shape index (κ3) is 5.79. The highest BCUT2D eigenvalue weighted by Crippen LogP contribution is 2.22. The van der Waals surface area contributed by atoms with Crippen LogP contribution in [0.5, 0.6) is 11.6 Å². The zero-order valence-electron chi connectivity index (χ0n) is 12.8. The van der Waals surface area contributed by atoms with Crippen molar-refractivity contribution in [3.8, 4) is 11.6 Å². The number of alkyl halides is 3. The third-order valence-electron chi connectivity index (χ3n) is 3.02. The second kappa shape index (κ2) is 7.67. The summed E-state index contributed by atoms with van der Waals surface area (Å²) < 4.78 is 44.9. The van der Waals surface area contributed by atoms with Gasteiger partial charge in [-0.2, -0.15) is 0 Å². The summed E-state index contributed by atoms with van der Waals surface area (Å²) in [5.74, 6) is -0.0995. The van der Waals surface area contributed by atoms with Gasteiger partial charge in [0.05, 0.1) is 13.5 Å². The molecule has 24 heavy (non-hydrogen) atoms. The molecule has 1 aromatic heterocycles. The number of ether oxygens (including phenoxy) is 2. The van der Waals surface area contributed by atoms with Gasteiger partial charge in [-0.25, -0.2) is 4.98 Å². The molecule has 0 fully saturated rings. The Morgan fingerprint density at radius 3 is 2.33 bits per heavy atom. The number of carbonyl (C=O) groups excluding carboxylic acids is 1. The number of pyridine rings is 1. The number of amides is 1. The van der Waals surface area contributed by atoms with Crippen molar-refractivity contribution in [1.82, 2.24) is 10.3 Å². The molecule has 2 rings (SSSR count). The van der Waals surface area contributed by atoms with Crippen LogP contribution in [0.1, 0.15) is 11.1 Å². The Balaban J connectivity index is 1.83. The molecule has 1 amide bonds. The molecule has 0 bridgehead atoms. The van der Waals surface area contributed by atoms with Crippen LogP contribution < -0.4 is 14.8 Å². The van der Waals surface area contributed by atoms with Crippen LogP contribution in [0.25, 0.3) is 0 Å². The first-order valence-electron chi connectivity index (χ1n) is 6.96. The van der Waals surface area contributed by atoms with Crippen LogP contribution in [-0.4, -0.2) is 24.4 Å². The number of benzene rings is 1. The predicted octanol–water partition coefficient (Wildman–Crippen LogP) is 2.85. The molecule has 128 valence electrons. The number of hydrogen-bond donors (Lipinski definition) is 1. The van der Waals surface area contributed by atoms with Crippen molar-refractivity contribution in [3.63, 3.8) is 0 Å². The van der Waals surface area contributed by atoms with E-state index < -0.39 is 6.36 Å². The summed E-state index contributed by atoms with van der Waals surface area (Å²) in [6.07, 6.45) is -3.09. The lowest BCUT2D eigenvalue weighted by molar-refractivity contribution is -0.274. The highest BCUT2D eigenvalue weighted by atomic mass is 19.4. The van der Waals surface area contributed by atoms with E-state index >= 15 is 0 Å². The first kappa shape index (κ1) is 17.6. The number of aromatic nitrogens is 1. The summed E-state index contributed by atoms with van der Waals surface area (Å²) in [5, 5.41) is 2.71. The molecule has 8 heteroatoms. The maximum atomic E-state index is 12.1. The number of carbonyl (C=O) groups is 1. The van der Waals surface area contributed by atoms with Crippen molar-refractivity contribution in [2.24, 2.45) is 0 Å². The topological polar surface area (TPSA) is 60.5 Å². The van der Waals surface area contributed by atoms with Crippen molar-refractivity contribution in [3.05, 3.63) is 53.7 Å². The van der Waals surface area contributed by atoms with Gasteiger partial charge in [0.25, 0.3) is 0 Å². The summed E-state index contributed by atoms with van der Waals surface area (Å²) in [6, 6.07) is 8.62. The van der Waals surface area contributed by atoms with E-state index in [1.54, 1.807) is 18.3 Å². The normalized spacial score (nSPS) is 11.0. The third-order valence-corrected chi connectivity index (χ3v) is 3.02. The van der Waals surface area contributed by atoms with Crippen LogP contribution in [0.2, 0.25) is 0 Å². The summed E-state index contributed by atoms with van der Waals surface area (Å²) in [7, 11) is 1.51. The predicted molar refractivity (Wildman–Crippen MR) is 79.5 cm³/mol. The maximum Gasteiger partial charge on any atom is 0.573 e. The van der Waals surface area contributed by atoms with Gasteiger partial charge in [0.2, 0.25) is 11.8 Å². The van der Waals surface area contributed by atoms with E-state index in [9.17, 15) is 18.0 Å². The lowest BCUT2D eigenvalue weighted by Crippen LogP contribution is -2.24. The molecular formula is C16H15F3N2O3. The second-order valence-electron chi connectivity index (χ2n) is 4.85. The molecule has 0 spiro atoms. The van der Waals surface area contributed by atoms with E-state index in [0.717, 1.165) is 5.56 Å². The largest absolute Gasteiger partial charge is 0.573 e. The monoisotopic (exact) mass is 340 g/mol. The van der Waals surface area contributed by atoms with Crippen LogP contribution >= 0.6 is 0 Å². The molecule has 0 aliphatic rings. The number of hydrogen-bond acceptors (Lipinski definition) is 4. The summed E-state index contributed by atoms with van der Waals surface area (Å²) >= 11 is 0. The molecule has 1 heterocycles. The Labute approximate surface area is 136 Å². The Kier molecular flexibility index (Phi) is 5.62. The van der Waals surface area contributed by atoms with Crippen molar-refractivity contribution < 1.29 is 27.4 Å². The van der Waals surface area contributed by atoms with Crippen LogP contribution in [-0.2, 0) is 17.8 Å². The fraction of sp³-hybridized carbons (Fsp3) is 0.250. The first-order chi connectivity index (χ1) is 11.4. The van der Waals surface area contributed by atoms with Crippen LogP contribution in [0.4, 0.5) is 13.2 Å². The van der Waals surface area contributed by atoms with E-state index in [0.29, 0.717) is 18.0 Å². The smallest absolute Gasteiger partial charge is 0.481 e. The Morgan fingerprint density at radius 1 is 1.12 bits per heavy atom. The molecule has 0 saturated heterocycles. The van der Waals surface area contributed by atoms with Gasteiger partial charge in [-0.1, -0.05) is 18.2 Å². The van der Waals surface area contributed by atoms with E-state index in [-0.39, 0.29) is 18.1 Å². The average Bonchev–Trinajstić information content (AvgIpc) is 2.54. The summed E-state index contributed by atoms with van der Waals surface area (Å²) in [5.41, 5.74) is 1.38. The van der Waals surface area contributed by atoms with Crippen molar-refractivity contribution >= 4 is 5.91 Å². The molecule has 0 aliphatic carbocycles. The van der Waals surface area contributed by atoms with Crippen molar-refractivity contribution in [2.45, 2.75) is 19.3 Å². The fourth-order valence-corrected chi connectivity index (χ4v) is 1.89. The Hall–Kier alpha value is -2.77. The molecule has 0 aliphatic heterocycles. The van der Waals surface area contributed by atoms with Gasteiger partial charge in [0.15, 0.2) is 0 Å². The summed E-state index contributed by atoms with van der Waals surface area (Å²) in [6.45, 7) is 0.297. The van der Waals surface area contributed by atoms with E-state index in [1.165, 1.54) is 31.4 Å². The molecule has 0 unspecified atom stereocenters. The highest BCUT2D eigenvalue weighted by molar-refractivity contribution is 5.78. The van der Waals surface area contributed by atoms with Gasteiger partial charge in [0, 0.05) is 18.8 Å². The standard InChI is InChI=1S/C16H15F3N2O3/c1-23-15-7-4-12(10-21-15)9-20-14(22)8-11-2-5-13(6-3-11)24-16(17,18)19/h2-7,10H,8-9H2,1H3,(H,20,22). The van der Waals surface area contributed by atoms with E-state index in [1.807, 2.05) is 0 Å². The van der Waals surface area contributed by atoms with Crippen molar-refractivity contribution in [1.29, 1.82) is 0 Å². The number of nitrogens with zero attached hydrogens (tertiary/aromatic N) is 1. The first-order valence-corrected chi connectivity index (χ1v) is 6.96. The number of halogens is 3. The SMILES string of the molecule is COc1ccc(CNC(=O)Cc2ccc(OC(F)(F)F)cc2)cn1. The minimum atomic E-state index is -4.73. The molecule has 2 aromatic rings. The van der Waals surface area contributed by atoms with Gasteiger partial charge < -0.3 is 14.8 Å². The number of nitrogens with one attached hydrogen (secondary N) is 1. The quantitative estimate of drug-likeness (QED) is 0.878. The van der Waals surface area contributed by atoms with Gasteiger partial charge in [-0.05, 0) is 23.3 Å². The van der Waals surface area contributed by atoms with Crippen LogP contribution in [0.3, 0.4) is 0 Å². The minimum absolute atomic E-state index is 0.0515. The molecule has 0 atom stereocenters. The number of methoxy groups -OCH3 is 1. The highest BCUT2D eigenvalue weighted by Gasteiger charge is 2.30. The van der Waals surface area contributed by atoms with Gasteiger partial charge >= 0.3 is 6.36 Å². The Morgan fingerprint density at radius 2 is 1.79 bits per heavy atom. The van der Waals surface area contributed by atoms with Gasteiger partial charge in [0.1, 0.15) is 5.75 Å². The van der Waals surface area contributed by atoms with E-state index in [4.69, 9.17) is 4.74 Å². The summed E-state index contributed by atoms with van der Waals surface area (Å²) in [4.78, 5) is 15.9. The zero-order chi connectivity index (χ0) is 17.6. The van der Waals surface area contributed by atoms with Crippen molar-refractivity contribution in [2.75, 3.05) is 7.11 Å². The number of rotatable bonds is 6. The lowest BCUT2D eigenvalue weighted by Gasteiger charge is -2.09. The molecule has 1 aromatic carbocycles. The van der Waals surface area contributed by atoms with E-state index in [2.05, 4.69) is 15.0 Å². The zero-order valence-corrected chi connectivity index (χ0v) is 12.8. The molecular weight excluding hydrogens is 325 g/mol. The van der Waals surface area contributed by atoms with Gasteiger partial charge in [-0.15, -0.1) is 13.2 Å². The minimum Gasteiger partial charge on any atom is -0.481 e. The molecule has 0 saturated carbocycles. The van der Waals surface area contributed by atoms with Gasteiger partial charge in [-0.3, -0.25) is 4.79 Å². The average molecular weight is 340 g/mol.